The maximum atomic E-state index is 12.9. The Labute approximate surface area is 124 Å². The van der Waals surface area contributed by atoms with Gasteiger partial charge in [-0.2, -0.15) is 8.78 Å². The maximum absolute atomic E-state index is 12.9. The molecule has 0 fully saturated rings. The molecule has 6 heteroatoms. The molecule has 2 rings (SSSR count). The zero-order valence-electron chi connectivity index (χ0n) is 10.6. The van der Waals surface area contributed by atoms with E-state index in [1.807, 2.05) is 0 Å². The Kier molecular flexibility index (Phi) is 4.85. The highest BCUT2D eigenvalue weighted by atomic mass is 35.5. The summed E-state index contributed by atoms with van der Waals surface area (Å²) in [7, 11) is 0. The molecule has 0 bridgehead atoms. The molecule has 110 valence electrons. The number of alkyl halides is 3. The van der Waals surface area contributed by atoms with Crippen molar-refractivity contribution in [3.8, 4) is 5.75 Å². The monoisotopic (exact) mass is 314 g/mol. The van der Waals surface area contributed by atoms with Gasteiger partial charge in [0.05, 0.1) is 5.56 Å². The second kappa shape index (κ2) is 6.63. The molecule has 2 aromatic rings. The highest BCUT2D eigenvalue weighted by Gasteiger charge is 2.23. The molecule has 0 N–H and O–H groups in total. The summed E-state index contributed by atoms with van der Waals surface area (Å²) in [5, 5.41) is -1.12. The standard InChI is InChI=1S/C15H10ClF3O2/c16-13(9-5-7-10(17)8-6-9)14(20)11-3-1-2-4-12(11)21-15(18)19/h1-8,13,15H. The zero-order valence-corrected chi connectivity index (χ0v) is 11.4. The van der Waals surface area contributed by atoms with Gasteiger partial charge in [-0.3, -0.25) is 4.79 Å². The fraction of sp³-hybridized carbons (Fsp3) is 0.133. The van der Waals surface area contributed by atoms with Crippen LogP contribution in [0.2, 0.25) is 0 Å². The zero-order chi connectivity index (χ0) is 15.4. The Morgan fingerprint density at radius 2 is 1.67 bits per heavy atom. The Bertz CT molecular complexity index is 629. The fourth-order valence-electron chi connectivity index (χ4n) is 1.79. The van der Waals surface area contributed by atoms with E-state index in [-0.39, 0.29) is 11.3 Å². The van der Waals surface area contributed by atoms with E-state index in [1.165, 1.54) is 48.5 Å². The minimum Gasteiger partial charge on any atom is -0.434 e. The highest BCUT2D eigenvalue weighted by molar-refractivity contribution is 6.34. The Morgan fingerprint density at radius 1 is 1.05 bits per heavy atom. The lowest BCUT2D eigenvalue weighted by atomic mass is 10.0. The number of carbonyl (C=O) groups excluding carboxylic acids is 1. The first-order valence-electron chi connectivity index (χ1n) is 5.96. The summed E-state index contributed by atoms with van der Waals surface area (Å²) < 4.78 is 41.8. The molecule has 0 aliphatic heterocycles. The lowest BCUT2D eigenvalue weighted by molar-refractivity contribution is -0.0501. The van der Waals surface area contributed by atoms with Gasteiger partial charge in [-0.1, -0.05) is 24.3 Å². The number of halogens is 4. The first-order valence-corrected chi connectivity index (χ1v) is 6.40. The number of carbonyl (C=O) groups is 1. The molecule has 0 radical (unpaired) electrons. The van der Waals surface area contributed by atoms with Crippen LogP contribution in [0.25, 0.3) is 0 Å². The van der Waals surface area contributed by atoms with Crippen molar-refractivity contribution in [2.75, 3.05) is 0 Å². The number of benzene rings is 2. The van der Waals surface area contributed by atoms with E-state index in [1.54, 1.807) is 0 Å². The van der Waals surface area contributed by atoms with Gasteiger partial charge < -0.3 is 4.74 Å². The van der Waals surface area contributed by atoms with E-state index in [9.17, 15) is 18.0 Å². The van der Waals surface area contributed by atoms with Crippen LogP contribution in [0, 0.1) is 5.82 Å². The molecule has 0 spiro atoms. The molecule has 21 heavy (non-hydrogen) atoms. The second-order valence-electron chi connectivity index (χ2n) is 4.15. The van der Waals surface area contributed by atoms with E-state index in [0.717, 1.165) is 0 Å². The van der Waals surface area contributed by atoms with E-state index < -0.39 is 23.6 Å². The first kappa shape index (κ1) is 15.4. The molecule has 0 aliphatic rings. The van der Waals surface area contributed by atoms with Gasteiger partial charge in [0.2, 0.25) is 0 Å². The van der Waals surface area contributed by atoms with Crippen LogP contribution in [0.15, 0.2) is 48.5 Å². The van der Waals surface area contributed by atoms with Crippen LogP contribution in [0.1, 0.15) is 21.3 Å². The van der Waals surface area contributed by atoms with Crippen LogP contribution in [-0.2, 0) is 0 Å². The summed E-state index contributed by atoms with van der Waals surface area (Å²) in [6.45, 7) is -3.04. The fourth-order valence-corrected chi connectivity index (χ4v) is 2.05. The van der Waals surface area contributed by atoms with Gasteiger partial charge in [0.25, 0.3) is 0 Å². The van der Waals surface area contributed by atoms with Crippen LogP contribution in [0.3, 0.4) is 0 Å². The van der Waals surface area contributed by atoms with E-state index in [0.29, 0.717) is 5.56 Å². The van der Waals surface area contributed by atoms with Crippen molar-refractivity contribution in [1.29, 1.82) is 0 Å². The Hall–Kier alpha value is -2.01. The predicted molar refractivity (Wildman–Crippen MR) is 72.4 cm³/mol. The van der Waals surface area contributed by atoms with Crippen LogP contribution < -0.4 is 4.74 Å². The van der Waals surface area contributed by atoms with Gasteiger partial charge >= 0.3 is 6.61 Å². The number of ether oxygens (including phenoxy) is 1. The van der Waals surface area contributed by atoms with Gasteiger partial charge in [0.15, 0.2) is 5.78 Å². The smallest absolute Gasteiger partial charge is 0.387 e. The largest absolute Gasteiger partial charge is 0.434 e. The van der Waals surface area contributed by atoms with Crippen molar-refractivity contribution in [2.45, 2.75) is 12.0 Å². The lowest BCUT2D eigenvalue weighted by Gasteiger charge is -2.13. The average molecular weight is 315 g/mol. The molecule has 0 saturated carbocycles. The summed E-state index contributed by atoms with van der Waals surface area (Å²) in [6, 6.07) is 10.6. The first-order chi connectivity index (χ1) is 9.99. The number of hydrogen-bond donors (Lipinski definition) is 0. The van der Waals surface area contributed by atoms with Gasteiger partial charge in [-0.25, -0.2) is 4.39 Å². The van der Waals surface area contributed by atoms with Crippen molar-refractivity contribution >= 4 is 17.4 Å². The van der Waals surface area contributed by atoms with Gasteiger partial charge in [-0.15, -0.1) is 11.6 Å². The van der Waals surface area contributed by atoms with Crippen LogP contribution in [-0.4, -0.2) is 12.4 Å². The van der Waals surface area contributed by atoms with Crippen LogP contribution in [0.5, 0.6) is 5.75 Å². The summed E-state index contributed by atoms with van der Waals surface area (Å²) in [5.41, 5.74) is 0.317. The third-order valence-electron chi connectivity index (χ3n) is 2.76. The van der Waals surface area contributed by atoms with Gasteiger partial charge in [0.1, 0.15) is 16.9 Å². The topological polar surface area (TPSA) is 26.3 Å². The maximum Gasteiger partial charge on any atom is 0.387 e. The molecular formula is C15H10ClF3O2. The average Bonchev–Trinajstić information content (AvgIpc) is 2.46. The molecule has 1 atom stereocenters. The minimum absolute atomic E-state index is 0.0536. The minimum atomic E-state index is -3.04. The van der Waals surface area contributed by atoms with Gasteiger partial charge in [-0.05, 0) is 29.8 Å². The van der Waals surface area contributed by atoms with Crippen molar-refractivity contribution in [3.05, 3.63) is 65.5 Å². The summed E-state index contributed by atoms with van der Waals surface area (Å²) in [6.07, 6.45) is 0. The lowest BCUT2D eigenvalue weighted by Crippen LogP contribution is -2.12. The molecule has 0 saturated heterocycles. The normalized spacial score (nSPS) is 12.2. The molecular weight excluding hydrogens is 305 g/mol. The van der Waals surface area contributed by atoms with Crippen LogP contribution >= 0.6 is 11.6 Å². The molecule has 0 aliphatic carbocycles. The van der Waals surface area contributed by atoms with E-state index >= 15 is 0 Å². The number of hydrogen-bond acceptors (Lipinski definition) is 2. The summed E-state index contributed by atoms with van der Waals surface area (Å²) in [5.74, 6) is -1.30. The Balaban J connectivity index is 2.29. The third-order valence-corrected chi connectivity index (χ3v) is 3.21. The summed E-state index contributed by atoms with van der Waals surface area (Å²) >= 11 is 6.04. The molecule has 1 unspecified atom stereocenters. The molecule has 2 nitrogen and oxygen atoms in total. The number of Topliss-reactive ketones (excluding diaryl/α,β-unsaturated/α-hetero) is 1. The molecule has 0 amide bonds. The Morgan fingerprint density at radius 3 is 2.29 bits per heavy atom. The molecule has 0 heterocycles. The summed E-state index contributed by atoms with van der Waals surface area (Å²) in [4.78, 5) is 12.3. The van der Waals surface area contributed by atoms with Crippen molar-refractivity contribution in [3.63, 3.8) is 0 Å². The van der Waals surface area contributed by atoms with E-state index in [2.05, 4.69) is 4.74 Å². The molecule has 0 aromatic heterocycles. The van der Waals surface area contributed by atoms with Crippen molar-refractivity contribution < 1.29 is 22.7 Å². The number of para-hydroxylation sites is 1. The van der Waals surface area contributed by atoms with Crippen molar-refractivity contribution in [1.82, 2.24) is 0 Å². The van der Waals surface area contributed by atoms with E-state index in [4.69, 9.17) is 11.6 Å². The predicted octanol–water partition coefficient (Wildman–Crippen LogP) is 4.59. The van der Waals surface area contributed by atoms with Crippen molar-refractivity contribution in [2.24, 2.45) is 0 Å². The number of ketones is 1. The number of rotatable bonds is 5. The highest BCUT2D eigenvalue weighted by Crippen LogP contribution is 2.30. The van der Waals surface area contributed by atoms with Gasteiger partial charge in [0, 0.05) is 0 Å². The quantitative estimate of drug-likeness (QED) is 0.596. The van der Waals surface area contributed by atoms with Crippen LogP contribution in [0.4, 0.5) is 13.2 Å². The SMILES string of the molecule is O=C(c1ccccc1OC(F)F)C(Cl)c1ccc(F)cc1. The second-order valence-corrected chi connectivity index (χ2v) is 4.59. The molecule has 2 aromatic carbocycles. The third kappa shape index (κ3) is 3.76.